The number of hydrogen-bond donors (Lipinski definition) is 1. The molecule has 0 aliphatic heterocycles. The number of aromatic nitrogens is 1. The first-order valence-corrected chi connectivity index (χ1v) is 8.26. The quantitative estimate of drug-likeness (QED) is 0.890. The summed E-state index contributed by atoms with van der Waals surface area (Å²) in [6.45, 7) is 1.81. The molecule has 0 unspecified atom stereocenters. The first-order valence-electron chi connectivity index (χ1n) is 8.26. The fourth-order valence-electron chi connectivity index (χ4n) is 2.96. The summed E-state index contributed by atoms with van der Waals surface area (Å²) in [7, 11) is 1.64. The van der Waals surface area contributed by atoms with E-state index in [1.165, 1.54) is 0 Å². The molecule has 1 aromatic carbocycles. The number of carbonyl (C=O) groups is 1. The second-order valence-electron chi connectivity index (χ2n) is 6.08. The van der Waals surface area contributed by atoms with Gasteiger partial charge in [-0.25, -0.2) is 0 Å². The number of amides is 1. The van der Waals surface area contributed by atoms with Crippen molar-refractivity contribution in [2.75, 3.05) is 12.4 Å². The normalized spacial score (nSPS) is 15.1. The molecule has 126 valence electrons. The first kappa shape index (κ1) is 16.3. The maximum Gasteiger partial charge on any atom is 0.227 e. The van der Waals surface area contributed by atoms with Gasteiger partial charge in [-0.2, -0.15) is 0 Å². The molecule has 1 amide bonds. The molecule has 5 nitrogen and oxygen atoms in total. The van der Waals surface area contributed by atoms with Gasteiger partial charge < -0.3 is 14.6 Å². The van der Waals surface area contributed by atoms with Crippen molar-refractivity contribution in [3.8, 4) is 5.75 Å². The molecule has 3 rings (SSSR count). The molecule has 1 aliphatic carbocycles. The number of rotatable bonds is 5. The summed E-state index contributed by atoms with van der Waals surface area (Å²) >= 11 is 0. The van der Waals surface area contributed by atoms with Crippen molar-refractivity contribution in [1.29, 1.82) is 0 Å². The molecule has 1 saturated carbocycles. The van der Waals surface area contributed by atoms with Crippen molar-refractivity contribution in [1.82, 2.24) is 5.16 Å². The Morgan fingerprint density at radius 3 is 2.62 bits per heavy atom. The Balaban J connectivity index is 1.73. The molecule has 0 atom stereocenters. The van der Waals surface area contributed by atoms with E-state index in [0.29, 0.717) is 17.1 Å². The highest BCUT2D eigenvalue weighted by molar-refractivity contribution is 5.95. The fourth-order valence-corrected chi connectivity index (χ4v) is 2.96. The lowest BCUT2D eigenvalue weighted by atomic mass is 10.1. The summed E-state index contributed by atoms with van der Waals surface area (Å²) < 4.78 is 10.4. The molecule has 2 aromatic rings. The lowest BCUT2D eigenvalue weighted by Crippen LogP contribution is -2.20. The molecule has 0 saturated heterocycles. The van der Waals surface area contributed by atoms with Gasteiger partial charge in [-0.05, 0) is 43.5 Å². The van der Waals surface area contributed by atoms with E-state index in [-0.39, 0.29) is 11.8 Å². The van der Waals surface area contributed by atoms with Gasteiger partial charge in [0.25, 0.3) is 0 Å². The van der Waals surface area contributed by atoms with Gasteiger partial charge in [0, 0.05) is 5.92 Å². The first-order chi connectivity index (χ1) is 11.7. The summed E-state index contributed by atoms with van der Waals surface area (Å²) in [6, 6.07) is 7.71. The van der Waals surface area contributed by atoms with Crippen LogP contribution in [0.3, 0.4) is 0 Å². The molecule has 1 aliphatic rings. The van der Waals surface area contributed by atoms with Crippen molar-refractivity contribution < 1.29 is 14.1 Å². The van der Waals surface area contributed by atoms with Crippen LogP contribution < -0.4 is 10.1 Å². The predicted octanol–water partition coefficient (Wildman–Crippen LogP) is 4.29. The number of nitrogens with zero attached hydrogens (tertiary/aromatic N) is 1. The standard InChI is InChI=1S/C19H22N2O3/c1-13-18(20-19(22)15-5-3-4-6-15)17(21-24-13)12-9-14-7-10-16(23-2)11-8-14/h7-12,15H,3-6H2,1-2H3,(H,20,22). The van der Waals surface area contributed by atoms with Crippen LogP contribution >= 0.6 is 0 Å². The molecule has 1 N–H and O–H groups in total. The van der Waals surface area contributed by atoms with Crippen molar-refractivity contribution in [2.24, 2.45) is 5.92 Å². The zero-order valence-electron chi connectivity index (χ0n) is 14.0. The second-order valence-corrected chi connectivity index (χ2v) is 6.08. The Kier molecular flexibility index (Phi) is 4.99. The minimum Gasteiger partial charge on any atom is -0.497 e. The Morgan fingerprint density at radius 2 is 1.96 bits per heavy atom. The second kappa shape index (κ2) is 7.34. The predicted molar refractivity (Wildman–Crippen MR) is 93.7 cm³/mol. The molecule has 5 heteroatoms. The van der Waals surface area contributed by atoms with E-state index in [0.717, 1.165) is 37.0 Å². The van der Waals surface area contributed by atoms with Crippen LogP contribution in [0.2, 0.25) is 0 Å². The van der Waals surface area contributed by atoms with Gasteiger partial charge in [-0.1, -0.05) is 36.2 Å². The van der Waals surface area contributed by atoms with E-state index < -0.39 is 0 Å². The lowest BCUT2D eigenvalue weighted by Gasteiger charge is -2.09. The molecule has 0 bridgehead atoms. The van der Waals surface area contributed by atoms with Crippen LogP contribution in [0, 0.1) is 12.8 Å². The average molecular weight is 326 g/mol. The van der Waals surface area contributed by atoms with E-state index in [2.05, 4.69) is 10.5 Å². The minimum absolute atomic E-state index is 0.0675. The highest BCUT2D eigenvalue weighted by atomic mass is 16.5. The summed E-state index contributed by atoms with van der Waals surface area (Å²) in [4.78, 5) is 12.3. The Labute approximate surface area is 141 Å². The number of ether oxygens (including phenoxy) is 1. The van der Waals surface area contributed by atoms with Crippen LogP contribution in [0.1, 0.15) is 42.7 Å². The van der Waals surface area contributed by atoms with Gasteiger partial charge in [0.1, 0.15) is 17.1 Å². The van der Waals surface area contributed by atoms with E-state index in [9.17, 15) is 4.79 Å². The molecule has 1 heterocycles. The number of hydrogen-bond acceptors (Lipinski definition) is 4. The highest BCUT2D eigenvalue weighted by Gasteiger charge is 2.24. The van der Waals surface area contributed by atoms with Crippen molar-refractivity contribution in [3.05, 3.63) is 41.3 Å². The third-order valence-electron chi connectivity index (χ3n) is 4.41. The van der Waals surface area contributed by atoms with Gasteiger partial charge in [0.05, 0.1) is 7.11 Å². The van der Waals surface area contributed by atoms with Crippen LogP contribution in [-0.4, -0.2) is 18.2 Å². The average Bonchev–Trinajstić information content (AvgIpc) is 3.25. The number of aryl methyl sites for hydroxylation is 1. The third-order valence-corrected chi connectivity index (χ3v) is 4.41. The summed E-state index contributed by atoms with van der Waals surface area (Å²) in [6.07, 6.45) is 7.97. The Hall–Kier alpha value is -2.56. The smallest absolute Gasteiger partial charge is 0.227 e. The fraction of sp³-hybridized carbons (Fsp3) is 0.368. The van der Waals surface area contributed by atoms with Gasteiger partial charge in [0.15, 0.2) is 5.76 Å². The zero-order valence-corrected chi connectivity index (χ0v) is 14.0. The Morgan fingerprint density at radius 1 is 1.25 bits per heavy atom. The highest BCUT2D eigenvalue weighted by Crippen LogP contribution is 2.28. The van der Waals surface area contributed by atoms with Gasteiger partial charge in [0.2, 0.25) is 5.91 Å². The van der Waals surface area contributed by atoms with Crippen LogP contribution in [0.5, 0.6) is 5.75 Å². The van der Waals surface area contributed by atoms with E-state index in [1.54, 1.807) is 7.11 Å². The number of benzene rings is 1. The van der Waals surface area contributed by atoms with Gasteiger partial charge in [-0.3, -0.25) is 4.79 Å². The summed E-state index contributed by atoms with van der Waals surface area (Å²) in [5.74, 6) is 1.61. The molecule has 0 spiro atoms. The lowest BCUT2D eigenvalue weighted by molar-refractivity contribution is -0.119. The number of methoxy groups -OCH3 is 1. The summed E-state index contributed by atoms with van der Waals surface area (Å²) in [5.41, 5.74) is 2.32. The number of anilines is 1. The zero-order chi connectivity index (χ0) is 16.9. The molecule has 0 radical (unpaired) electrons. The summed E-state index contributed by atoms with van der Waals surface area (Å²) in [5, 5.41) is 7.03. The maximum atomic E-state index is 12.3. The molecular formula is C19H22N2O3. The van der Waals surface area contributed by atoms with Crippen LogP contribution in [0.4, 0.5) is 5.69 Å². The van der Waals surface area contributed by atoms with Crippen LogP contribution in [0.15, 0.2) is 28.8 Å². The van der Waals surface area contributed by atoms with E-state index >= 15 is 0 Å². The SMILES string of the molecule is COc1ccc(C=Cc2noc(C)c2NC(=O)C2CCCC2)cc1. The number of nitrogens with one attached hydrogen (secondary N) is 1. The molecular weight excluding hydrogens is 304 g/mol. The van der Waals surface area contributed by atoms with E-state index in [4.69, 9.17) is 9.26 Å². The monoisotopic (exact) mass is 326 g/mol. The molecule has 1 aromatic heterocycles. The van der Waals surface area contributed by atoms with Crippen molar-refractivity contribution >= 4 is 23.7 Å². The van der Waals surface area contributed by atoms with Gasteiger partial charge in [-0.15, -0.1) is 0 Å². The maximum absolute atomic E-state index is 12.3. The van der Waals surface area contributed by atoms with Crippen molar-refractivity contribution in [2.45, 2.75) is 32.6 Å². The molecule has 24 heavy (non-hydrogen) atoms. The Bertz CT molecular complexity index is 726. The van der Waals surface area contributed by atoms with Crippen LogP contribution in [-0.2, 0) is 4.79 Å². The molecule has 1 fully saturated rings. The topological polar surface area (TPSA) is 64.4 Å². The largest absolute Gasteiger partial charge is 0.497 e. The third kappa shape index (κ3) is 3.67. The number of carbonyl (C=O) groups excluding carboxylic acids is 1. The van der Waals surface area contributed by atoms with Crippen molar-refractivity contribution in [3.63, 3.8) is 0 Å². The van der Waals surface area contributed by atoms with Gasteiger partial charge >= 0.3 is 0 Å². The van der Waals surface area contributed by atoms with Crippen LogP contribution in [0.25, 0.3) is 12.2 Å². The minimum atomic E-state index is 0.0675. The van der Waals surface area contributed by atoms with E-state index in [1.807, 2.05) is 43.3 Å².